The van der Waals surface area contributed by atoms with Crippen LogP contribution >= 0.6 is 11.8 Å². The molecule has 1 fully saturated rings. The Morgan fingerprint density at radius 1 is 1.73 bits per heavy atom. The first-order valence-electron chi connectivity index (χ1n) is 3.96. The monoisotopic (exact) mass is 178 g/mol. The molecule has 1 N–H and O–H groups in total. The zero-order valence-electron chi connectivity index (χ0n) is 7.01. The average molecular weight is 178 g/mol. The number of thioether (sulfide) groups is 1. The molecule has 1 saturated heterocycles. The van der Waals surface area contributed by atoms with E-state index in [1.54, 1.807) is 0 Å². The van der Waals surface area contributed by atoms with Crippen LogP contribution in [0.3, 0.4) is 0 Å². The van der Waals surface area contributed by atoms with E-state index in [0.29, 0.717) is 0 Å². The van der Waals surface area contributed by atoms with Crippen molar-refractivity contribution < 1.29 is 9.50 Å². The zero-order chi connectivity index (χ0) is 8.48. The Balaban J connectivity index is 2.57. The molecule has 0 spiro atoms. The zero-order valence-corrected chi connectivity index (χ0v) is 7.83. The van der Waals surface area contributed by atoms with Crippen LogP contribution in [0.15, 0.2) is 0 Å². The largest absolute Gasteiger partial charge is 0.390 e. The minimum atomic E-state index is -0.750. The van der Waals surface area contributed by atoms with Crippen molar-refractivity contribution in [2.45, 2.75) is 31.1 Å². The maximum absolute atomic E-state index is 12.1. The molecular weight excluding hydrogens is 163 g/mol. The van der Waals surface area contributed by atoms with Gasteiger partial charge in [0.05, 0.1) is 6.10 Å². The van der Waals surface area contributed by atoms with Crippen LogP contribution in [0.1, 0.15) is 20.3 Å². The van der Waals surface area contributed by atoms with Crippen molar-refractivity contribution in [2.75, 3.05) is 12.4 Å². The van der Waals surface area contributed by atoms with Crippen LogP contribution in [-0.2, 0) is 0 Å². The van der Waals surface area contributed by atoms with Crippen LogP contribution in [0.5, 0.6) is 0 Å². The number of aliphatic hydroxyl groups excluding tert-OH is 1. The number of rotatable bonds is 2. The minimum absolute atomic E-state index is 0.0610. The Kier molecular flexibility index (Phi) is 2.81. The lowest BCUT2D eigenvalue weighted by Crippen LogP contribution is -2.34. The van der Waals surface area contributed by atoms with Crippen molar-refractivity contribution in [3.8, 4) is 0 Å². The number of halogens is 1. The number of hydrogen-bond donors (Lipinski definition) is 1. The second-order valence-electron chi connectivity index (χ2n) is 3.57. The lowest BCUT2D eigenvalue weighted by Gasteiger charge is -2.28. The second-order valence-corrected chi connectivity index (χ2v) is 5.32. The van der Waals surface area contributed by atoms with E-state index in [1.807, 2.05) is 11.8 Å². The van der Waals surface area contributed by atoms with Gasteiger partial charge in [0.2, 0.25) is 0 Å². The molecule has 3 heteroatoms. The molecule has 11 heavy (non-hydrogen) atoms. The molecule has 1 rings (SSSR count). The first-order chi connectivity index (χ1) is 5.08. The summed E-state index contributed by atoms with van der Waals surface area (Å²) in [5.74, 6) is 1.19. The number of hydrogen-bond acceptors (Lipinski definition) is 2. The molecule has 1 aliphatic rings. The molecule has 0 aromatic rings. The van der Waals surface area contributed by atoms with E-state index in [0.717, 1.165) is 12.2 Å². The van der Waals surface area contributed by atoms with Crippen molar-refractivity contribution in [3.05, 3.63) is 0 Å². The summed E-state index contributed by atoms with van der Waals surface area (Å²) < 4.78 is 12.2. The lowest BCUT2D eigenvalue weighted by atomic mass is 9.88. The molecular formula is C8H15FOS. The summed E-state index contributed by atoms with van der Waals surface area (Å²) in [4.78, 5) is 0. The Hall–Kier alpha value is 0.240. The van der Waals surface area contributed by atoms with Crippen LogP contribution in [0, 0.1) is 5.92 Å². The normalized spacial score (nSPS) is 32.2. The van der Waals surface area contributed by atoms with Gasteiger partial charge in [-0.25, -0.2) is 4.39 Å². The van der Waals surface area contributed by atoms with Crippen LogP contribution in [-0.4, -0.2) is 28.4 Å². The summed E-state index contributed by atoms with van der Waals surface area (Å²) in [6.07, 6.45) is 0.197. The first-order valence-corrected chi connectivity index (χ1v) is 4.94. The van der Waals surface area contributed by atoms with Gasteiger partial charge in [-0.3, -0.25) is 0 Å². The van der Waals surface area contributed by atoms with Crippen LogP contribution < -0.4 is 0 Å². The van der Waals surface area contributed by atoms with E-state index in [1.165, 1.54) is 0 Å². The van der Waals surface area contributed by atoms with Crippen LogP contribution in [0.25, 0.3) is 0 Å². The predicted octanol–water partition coefficient (Wildman–Crippen LogP) is 1.85. The van der Waals surface area contributed by atoms with Crippen molar-refractivity contribution in [3.63, 3.8) is 0 Å². The van der Waals surface area contributed by atoms with Crippen LogP contribution in [0.4, 0.5) is 4.39 Å². The Morgan fingerprint density at radius 2 is 2.36 bits per heavy atom. The molecule has 0 bridgehead atoms. The first kappa shape index (κ1) is 9.33. The summed E-state index contributed by atoms with van der Waals surface area (Å²) in [5, 5.41) is 9.30. The number of aliphatic hydroxyl groups is 1. The molecule has 66 valence electrons. The fourth-order valence-corrected chi connectivity index (χ4v) is 3.05. The minimum Gasteiger partial charge on any atom is -0.390 e. The van der Waals surface area contributed by atoms with Crippen molar-refractivity contribution in [2.24, 2.45) is 5.92 Å². The van der Waals surface area contributed by atoms with Gasteiger partial charge in [-0.05, 0) is 12.2 Å². The average Bonchev–Trinajstić information content (AvgIpc) is 2.28. The molecule has 1 heterocycles. The summed E-state index contributed by atoms with van der Waals surface area (Å²) in [6.45, 7) is 3.55. The van der Waals surface area contributed by atoms with Gasteiger partial charge in [0.15, 0.2) is 0 Å². The van der Waals surface area contributed by atoms with Crippen molar-refractivity contribution in [1.82, 2.24) is 0 Å². The molecule has 0 aliphatic carbocycles. The Bertz CT molecular complexity index is 138. The summed E-state index contributed by atoms with van der Waals surface area (Å²) in [7, 11) is 0. The summed E-state index contributed by atoms with van der Waals surface area (Å²) >= 11 is 1.82. The smallest absolute Gasteiger partial charge is 0.116 e. The van der Waals surface area contributed by atoms with Gasteiger partial charge in [0, 0.05) is 10.7 Å². The van der Waals surface area contributed by atoms with Gasteiger partial charge in [-0.15, -0.1) is 0 Å². The van der Waals surface area contributed by atoms with E-state index in [9.17, 15) is 9.50 Å². The van der Waals surface area contributed by atoms with Gasteiger partial charge in [-0.2, -0.15) is 11.8 Å². The molecule has 0 amide bonds. The fourth-order valence-electron chi connectivity index (χ4n) is 1.67. The molecule has 1 aliphatic heterocycles. The topological polar surface area (TPSA) is 20.2 Å². The number of alkyl halides is 1. The van der Waals surface area contributed by atoms with E-state index < -0.39 is 12.8 Å². The molecule has 2 unspecified atom stereocenters. The third-order valence-electron chi connectivity index (χ3n) is 2.42. The van der Waals surface area contributed by atoms with Gasteiger partial charge < -0.3 is 5.11 Å². The highest BCUT2D eigenvalue weighted by atomic mass is 32.2. The Morgan fingerprint density at radius 3 is 2.73 bits per heavy atom. The van der Waals surface area contributed by atoms with Crippen LogP contribution in [0.2, 0.25) is 0 Å². The maximum atomic E-state index is 12.1. The molecule has 0 saturated carbocycles. The van der Waals surface area contributed by atoms with E-state index >= 15 is 0 Å². The second kappa shape index (κ2) is 3.31. The molecule has 0 aromatic heterocycles. The maximum Gasteiger partial charge on any atom is 0.116 e. The van der Waals surface area contributed by atoms with E-state index in [4.69, 9.17) is 0 Å². The van der Waals surface area contributed by atoms with Crippen molar-refractivity contribution >= 4 is 11.8 Å². The quantitative estimate of drug-likeness (QED) is 0.696. The Labute approximate surface area is 71.4 Å². The van der Waals surface area contributed by atoms with Gasteiger partial charge in [-0.1, -0.05) is 13.8 Å². The fraction of sp³-hybridized carbons (Fsp3) is 1.00. The highest BCUT2D eigenvalue weighted by molar-refractivity contribution is 8.00. The predicted molar refractivity (Wildman–Crippen MR) is 46.6 cm³/mol. The molecule has 0 aromatic carbocycles. The summed E-state index contributed by atoms with van der Waals surface area (Å²) in [6, 6.07) is 0. The van der Waals surface area contributed by atoms with Gasteiger partial charge >= 0.3 is 0 Å². The molecule has 1 nitrogen and oxygen atoms in total. The van der Waals surface area contributed by atoms with E-state index in [2.05, 4.69) is 13.8 Å². The SMILES string of the molecule is CC1(C)SCCC1C(O)CF. The molecule has 0 radical (unpaired) electrons. The van der Waals surface area contributed by atoms with E-state index in [-0.39, 0.29) is 10.7 Å². The standard InChI is InChI=1S/C8H15FOS/c1-8(2)6(3-4-11-8)7(10)5-9/h6-7,10H,3-5H2,1-2H3. The van der Waals surface area contributed by atoms with Gasteiger partial charge in [0.1, 0.15) is 6.67 Å². The lowest BCUT2D eigenvalue weighted by molar-refractivity contribution is 0.0690. The molecule has 2 atom stereocenters. The van der Waals surface area contributed by atoms with Gasteiger partial charge in [0.25, 0.3) is 0 Å². The summed E-state index contributed by atoms with van der Waals surface area (Å²) in [5.41, 5.74) is 0. The third-order valence-corrected chi connectivity index (χ3v) is 3.91. The highest BCUT2D eigenvalue weighted by Crippen LogP contribution is 2.43. The highest BCUT2D eigenvalue weighted by Gasteiger charge is 2.39. The van der Waals surface area contributed by atoms with Crippen molar-refractivity contribution in [1.29, 1.82) is 0 Å². The third kappa shape index (κ3) is 1.88.